The summed E-state index contributed by atoms with van der Waals surface area (Å²) in [4.78, 5) is 0.0700. The van der Waals surface area contributed by atoms with Crippen molar-refractivity contribution in [1.82, 2.24) is 4.72 Å². The first-order valence-corrected chi connectivity index (χ1v) is 8.47. The zero-order valence-corrected chi connectivity index (χ0v) is 14.0. The number of sulfonamides is 1. The molecule has 0 bridgehead atoms. The van der Waals surface area contributed by atoms with Gasteiger partial charge in [-0.2, -0.15) is 0 Å². The Morgan fingerprint density at radius 3 is 2.29 bits per heavy atom. The zero-order valence-electron chi connectivity index (χ0n) is 11.6. The monoisotopic (exact) mass is 369 g/mol. The second kappa shape index (κ2) is 6.05. The predicted octanol–water partition coefficient (Wildman–Crippen LogP) is 2.99. The Labute approximate surface area is 132 Å². The van der Waals surface area contributed by atoms with Gasteiger partial charge in [0.2, 0.25) is 10.0 Å². The highest BCUT2D eigenvalue weighted by Crippen LogP contribution is 2.27. The van der Waals surface area contributed by atoms with Crippen molar-refractivity contribution in [3.05, 3.63) is 46.4 Å². The topological polar surface area (TPSA) is 84.2 Å². The number of nitrogen functional groups attached to an aromatic ring is 1. The third kappa shape index (κ3) is 3.55. The van der Waals surface area contributed by atoms with Crippen molar-refractivity contribution in [3.8, 4) is 0 Å². The second-order valence-corrected chi connectivity index (χ2v) is 7.26. The van der Waals surface area contributed by atoms with Crippen LogP contribution in [0.1, 0.15) is 5.56 Å². The molecule has 0 fully saturated rings. The van der Waals surface area contributed by atoms with E-state index in [1.54, 1.807) is 12.1 Å². The average molecular weight is 370 g/mol. The molecule has 112 valence electrons. The molecule has 0 aliphatic carbocycles. The maximum Gasteiger partial charge on any atom is 0.242 e. The van der Waals surface area contributed by atoms with Crippen LogP contribution in [0, 0.1) is 6.92 Å². The minimum Gasteiger partial charge on any atom is -0.398 e. The molecule has 2 aromatic carbocycles. The molecule has 7 heteroatoms. The van der Waals surface area contributed by atoms with Crippen LogP contribution in [0.3, 0.4) is 0 Å². The first kappa shape index (κ1) is 15.8. The lowest BCUT2D eigenvalue weighted by Crippen LogP contribution is -2.19. The number of nitrogens with two attached hydrogens (primary N) is 1. The van der Waals surface area contributed by atoms with Crippen molar-refractivity contribution >= 4 is 43.0 Å². The van der Waals surface area contributed by atoms with Crippen LogP contribution in [0.2, 0.25) is 0 Å². The van der Waals surface area contributed by atoms with Crippen LogP contribution in [0.5, 0.6) is 0 Å². The Morgan fingerprint density at radius 2 is 1.71 bits per heavy atom. The van der Waals surface area contributed by atoms with Gasteiger partial charge in [-0.1, -0.05) is 22.0 Å². The molecule has 2 aromatic rings. The number of hydrogen-bond acceptors (Lipinski definition) is 4. The molecule has 0 aliphatic rings. The van der Waals surface area contributed by atoms with Crippen LogP contribution >= 0.6 is 15.9 Å². The van der Waals surface area contributed by atoms with Crippen LogP contribution in [-0.4, -0.2) is 15.5 Å². The summed E-state index contributed by atoms with van der Waals surface area (Å²) in [6.07, 6.45) is 0. The van der Waals surface area contributed by atoms with E-state index in [2.05, 4.69) is 26.0 Å². The van der Waals surface area contributed by atoms with Gasteiger partial charge in [0.25, 0.3) is 0 Å². The molecule has 0 amide bonds. The molecule has 5 nitrogen and oxygen atoms in total. The molecule has 4 N–H and O–H groups in total. The van der Waals surface area contributed by atoms with Crippen LogP contribution in [0.15, 0.2) is 45.8 Å². The third-order valence-corrected chi connectivity index (χ3v) is 5.37. The van der Waals surface area contributed by atoms with Crippen molar-refractivity contribution in [1.29, 1.82) is 0 Å². The molecule has 0 unspecified atom stereocenters. The van der Waals surface area contributed by atoms with E-state index in [1.807, 2.05) is 25.1 Å². The number of rotatable bonds is 4. The van der Waals surface area contributed by atoms with Gasteiger partial charge in [-0.3, -0.25) is 0 Å². The van der Waals surface area contributed by atoms with Crippen molar-refractivity contribution in [3.63, 3.8) is 0 Å². The molecule has 0 radical (unpaired) electrons. The summed E-state index contributed by atoms with van der Waals surface area (Å²) in [5.74, 6) is 0. The molecular formula is C14H16BrN3O2S. The molecule has 0 saturated carbocycles. The van der Waals surface area contributed by atoms with E-state index in [4.69, 9.17) is 5.73 Å². The van der Waals surface area contributed by atoms with E-state index in [-0.39, 0.29) is 10.6 Å². The van der Waals surface area contributed by atoms with Crippen LogP contribution in [0.4, 0.5) is 17.1 Å². The second-order valence-electron chi connectivity index (χ2n) is 4.55. The number of aryl methyl sites for hydroxylation is 1. The quantitative estimate of drug-likeness (QED) is 0.723. The van der Waals surface area contributed by atoms with Gasteiger partial charge in [-0.25, -0.2) is 13.1 Å². The van der Waals surface area contributed by atoms with Gasteiger partial charge in [-0.15, -0.1) is 0 Å². The van der Waals surface area contributed by atoms with E-state index in [0.29, 0.717) is 0 Å². The highest BCUT2D eigenvalue weighted by Gasteiger charge is 2.15. The summed E-state index contributed by atoms with van der Waals surface area (Å²) in [5, 5.41) is 3.18. The van der Waals surface area contributed by atoms with Crippen LogP contribution in [0.25, 0.3) is 0 Å². The summed E-state index contributed by atoms with van der Waals surface area (Å²) in [6, 6.07) is 10.6. The fourth-order valence-corrected chi connectivity index (χ4v) is 3.03. The first-order chi connectivity index (χ1) is 9.83. The molecule has 0 spiro atoms. The molecule has 0 saturated heterocycles. The van der Waals surface area contributed by atoms with E-state index in [1.165, 1.54) is 13.1 Å². The summed E-state index contributed by atoms with van der Waals surface area (Å²) >= 11 is 3.47. The van der Waals surface area contributed by atoms with Gasteiger partial charge in [0, 0.05) is 15.8 Å². The highest BCUT2D eigenvalue weighted by atomic mass is 79.9. The van der Waals surface area contributed by atoms with Crippen molar-refractivity contribution in [2.75, 3.05) is 18.1 Å². The van der Waals surface area contributed by atoms with Gasteiger partial charge in [0.05, 0.1) is 5.69 Å². The number of benzene rings is 2. The number of halogens is 1. The minimum atomic E-state index is -3.54. The Kier molecular flexibility index (Phi) is 4.55. The van der Waals surface area contributed by atoms with Crippen molar-refractivity contribution < 1.29 is 8.42 Å². The Hall–Kier alpha value is -1.57. The molecule has 0 heterocycles. The van der Waals surface area contributed by atoms with Crippen molar-refractivity contribution in [2.24, 2.45) is 0 Å². The van der Waals surface area contributed by atoms with Crippen molar-refractivity contribution in [2.45, 2.75) is 11.8 Å². The number of nitrogens with one attached hydrogen (secondary N) is 2. The van der Waals surface area contributed by atoms with Gasteiger partial charge in [0.15, 0.2) is 0 Å². The van der Waals surface area contributed by atoms with Crippen LogP contribution < -0.4 is 15.8 Å². The Bertz CT molecular complexity index is 776. The van der Waals surface area contributed by atoms with Gasteiger partial charge >= 0.3 is 0 Å². The smallest absolute Gasteiger partial charge is 0.242 e. The number of hydrogen-bond donors (Lipinski definition) is 3. The van der Waals surface area contributed by atoms with E-state index in [9.17, 15) is 8.42 Å². The normalized spacial score (nSPS) is 11.4. The molecule has 21 heavy (non-hydrogen) atoms. The highest BCUT2D eigenvalue weighted by molar-refractivity contribution is 9.10. The van der Waals surface area contributed by atoms with Gasteiger partial charge in [-0.05, 0) is 49.9 Å². The standard InChI is InChI=1S/C14H16BrN3O2S/c1-9-3-4-10(7-12(9)15)18-11-5-6-14(13(16)8-11)21(19,20)17-2/h3-8,17-18H,16H2,1-2H3. The van der Waals surface area contributed by atoms with E-state index < -0.39 is 10.0 Å². The lowest BCUT2D eigenvalue weighted by atomic mass is 10.2. The SMILES string of the molecule is CNS(=O)(=O)c1ccc(Nc2ccc(C)c(Br)c2)cc1N. The summed E-state index contributed by atoms with van der Waals surface area (Å²) in [6.45, 7) is 2.00. The summed E-state index contributed by atoms with van der Waals surface area (Å²) < 4.78 is 26.8. The minimum absolute atomic E-state index is 0.0700. The number of anilines is 3. The molecule has 0 aliphatic heterocycles. The largest absolute Gasteiger partial charge is 0.398 e. The zero-order chi connectivity index (χ0) is 15.6. The van der Waals surface area contributed by atoms with Gasteiger partial charge < -0.3 is 11.1 Å². The molecule has 0 aromatic heterocycles. The maximum atomic E-state index is 11.8. The predicted molar refractivity (Wildman–Crippen MR) is 89.3 cm³/mol. The molecule has 2 rings (SSSR count). The van der Waals surface area contributed by atoms with E-state index in [0.717, 1.165) is 21.4 Å². The lowest BCUT2D eigenvalue weighted by Gasteiger charge is -2.11. The van der Waals surface area contributed by atoms with Gasteiger partial charge in [0.1, 0.15) is 4.90 Å². The fraction of sp³-hybridized carbons (Fsp3) is 0.143. The first-order valence-electron chi connectivity index (χ1n) is 6.20. The van der Waals surface area contributed by atoms with E-state index >= 15 is 0 Å². The maximum absolute atomic E-state index is 11.8. The fourth-order valence-electron chi connectivity index (χ4n) is 1.82. The Morgan fingerprint density at radius 1 is 1.10 bits per heavy atom. The van der Waals surface area contributed by atoms with Crippen LogP contribution in [-0.2, 0) is 10.0 Å². The third-order valence-electron chi connectivity index (χ3n) is 3.03. The Balaban J connectivity index is 2.30. The molecular weight excluding hydrogens is 354 g/mol. The molecule has 0 atom stereocenters. The average Bonchev–Trinajstić information content (AvgIpc) is 2.43. The summed E-state index contributed by atoms with van der Waals surface area (Å²) in [5.41, 5.74) is 8.76. The summed E-state index contributed by atoms with van der Waals surface area (Å²) in [7, 11) is -2.19. The lowest BCUT2D eigenvalue weighted by molar-refractivity contribution is 0.588.